The minimum absolute atomic E-state index is 0.101. The summed E-state index contributed by atoms with van der Waals surface area (Å²) in [6, 6.07) is 15.5. The Hall–Kier alpha value is -1.55. The zero-order chi connectivity index (χ0) is 16.8. The minimum Gasteiger partial charge on any atom is -0.332 e. The van der Waals surface area contributed by atoms with E-state index in [1.165, 1.54) is 5.56 Å². The van der Waals surface area contributed by atoms with Crippen molar-refractivity contribution in [2.75, 3.05) is 11.9 Å². The number of rotatable bonds is 6. The second-order valence-electron chi connectivity index (χ2n) is 5.79. The summed E-state index contributed by atoms with van der Waals surface area (Å²) in [6.45, 7) is 4.63. The Bertz CT molecular complexity index is 659. The van der Waals surface area contributed by atoms with Gasteiger partial charge in [0.15, 0.2) is 6.54 Å². The molecule has 0 saturated heterocycles. The Balaban J connectivity index is 1.98. The first-order valence-electron chi connectivity index (χ1n) is 7.60. The molecule has 2 rings (SSSR count). The molecule has 122 valence electrons. The average Bonchev–Trinajstić information content (AvgIpc) is 2.52. The highest BCUT2D eigenvalue weighted by atomic mass is 35.5. The predicted octanol–water partition coefficient (Wildman–Crippen LogP) is 3.89. The lowest BCUT2D eigenvalue weighted by atomic mass is 9.96. The van der Waals surface area contributed by atoms with Gasteiger partial charge in [0.1, 0.15) is 6.04 Å². The van der Waals surface area contributed by atoms with Crippen molar-refractivity contribution in [3.63, 3.8) is 0 Å². The quantitative estimate of drug-likeness (QED) is 0.814. The molecule has 0 aliphatic heterocycles. The van der Waals surface area contributed by atoms with Gasteiger partial charge >= 0.3 is 0 Å². The summed E-state index contributed by atoms with van der Waals surface area (Å²) in [5.41, 5.74) is 1.76. The molecular weight excluding hydrogens is 331 g/mol. The van der Waals surface area contributed by atoms with Gasteiger partial charge in [-0.25, -0.2) is 0 Å². The molecule has 1 atom stereocenters. The summed E-state index contributed by atoms with van der Waals surface area (Å²) in [7, 11) is 0. The number of halogens is 2. The molecule has 23 heavy (non-hydrogen) atoms. The Morgan fingerprint density at radius 3 is 2.48 bits per heavy atom. The molecule has 0 aromatic heterocycles. The standard InChI is InChI=1S/C18H20Cl2N2O/c1-12(2)18(13-6-4-3-5-7-13)21-11-17(23)22-16-10-14(19)8-9-15(16)20/h3-10,12,18,21H,11H2,1-2H3,(H,22,23)/p+1/t18-/m1/s1. The molecule has 2 aromatic carbocycles. The molecule has 0 aliphatic rings. The number of anilines is 1. The molecular formula is C18H21Cl2N2O+. The lowest BCUT2D eigenvalue weighted by molar-refractivity contribution is -0.692. The fourth-order valence-electron chi connectivity index (χ4n) is 2.50. The lowest BCUT2D eigenvalue weighted by Crippen LogP contribution is -2.88. The van der Waals surface area contributed by atoms with E-state index in [1.54, 1.807) is 18.2 Å². The summed E-state index contributed by atoms with van der Waals surface area (Å²) in [4.78, 5) is 12.2. The van der Waals surface area contributed by atoms with E-state index in [4.69, 9.17) is 23.2 Å². The van der Waals surface area contributed by atoms with Crippen molar-refractivity contribution in [1.82, 2.24) is 0 Å². The van der Waals surface area contributed by atoms with Gasteiger partial charge in [-0.15, -0.1) is 0 Å². The number of amides is 1. The number of quaternary nitrogens is 1. The molecule has 0 spiro atoms. The second kappa shape index (κ2) is 8.34. The van der Waals surface area contributed by atoms with Crippen LogP contribution in [0.25, 0.3) is 0 Å². The molecule has 1 amide bonds. The summed E-state index contributed by atoms with van der Waals surface area (Å²) in [5.74, 6) is 0.315. The largest absolute Gasteiger partial charge is 0.332 e. The summed E-state index contributed by atoms with van der Waals surface area (Å²) in [6.07, 6.45) is 0. The fraction of sp³-hybridized carbons (Fsp3) is 0.278. The molecule has 5 heteroatoms. The number of benzene rings is 2. The number of hydrogen-bond donors (Lipinski definition) is 2. The Labute approximate surface area is 147 Å². The highest BCUT2D eigenvalue weighted by Gasteiger charge is 2.20. The van der Waals surface area contributed by atoms with Crippen LogP contribution in [0.5, 0.6) is 0 Å². The molecule has 0 fully saturated rings. The van der Waals surface area contributed by atoms with Crippen LogP contribution in [0.3, 0.4) is 0 Å². The summed E-state index contributed by atoms with van der Waals surface area (Å²) in [5, 5.41) is 5.88. The van der Waals surface area contributed by atoms with E-state index < -0.39 is 0 Å². The van der Waals surface area contributed by atoms with Crippen molar-refractivity contribution in [3.05, 3.63) is 64.1 Å². The highest BCUT2D eigenvalue weighted by Crippen LogP contribution is 2.25. The van der Waals surface area contributed by atoms with Crippen LogP contribution in [-0.2, 0) is 4.79 Å². The molecule has 0 heterocycles. The zero-order valence-electron chi connectivity index (χ0n) is 13.2. The molecule has 0 bridgehead atoms. The van der Waals surface area contributed by atoms with E-state index in [9.17, 15) is 4.79 Å². The van der Waals surface area contributed by atoms with Gasteiger partial charge in [-0.05, 0) is 18.2 Å². The SMILES string of the molecule is CC(C)[C@@H]([NH2+]CC(=O)Nc1cc(Cl)ccc1Cl)c1ccccc1. The monoisotopic (exact) mass is 351 g/mol. The maximum atomic E-state index is 12.2. The van der Waals surface area contributed by atoms with Gasteiger partial charge < -0.3 is 10.6 Å². The third kappa shape index (κ3) is 5.24. The third-order valence-corrected chi connectivity index (χ3v) is 4.23. The zero-order valence-corrected chi connectivity index (χ0v) is 14.7. The number of carbonyl (C=O) groups is 1. The van der Waals surface area contributed by atoms with E-state index in [0.717, 1.165) is 0 Å². The van der Waals surface area contributed by atoms with Crippen LogP contribution < -0.4 is 10.6 Å². The van der Waals surface area contributed by atoms with Crippen molar-refractivity contribution in [2.45, 2.75) is 19.9 Å². The lowest BCUT2D eigenvalue weighted by Gasteiger charge is -2.19. The molecule has 0 saturated carbocycles. The summed E-state index contributed by atoms with van der Waals surface area (Å²) >= 11 is 12.0. The van der Waals surface area contributed by atoms with E-state index in [2.05, 4.69) is 31.3 Å². The third-order valence-electron chi connectivity index (χ3n) is 3.66. The molecule has 0 radical (unpaired) electrons. The molecule has 3 nitrogen and oxygen atoms in total. The first-order chi connectivity index (χ1) is 11.0. The maximum Gasteiger partial charge on any atom is 0.279 e. The summed E-state index contributed by atoms with van der Waals surface area (Å²) < 4.78 is 0. The van der Waals surface area contributed by atoms with Crippen molar-refractivity contribution in [3.8, 4) is 0 Å². The number of carbonyl (C=O) groups excluding carboxylic acids is 1. The van der Waals surface area contributed by atoms with Crippen LogP contribution in [0.4, 0.5) is 5.69 Å². The Kier molecular flexibility index (Phi) is 6.46. The number of nitrogens with two attached hydrogens (primary N) is 1. The van der Waals surface area contributed by atoms with Gasteiger partial charge in [0.2, 0.25) is 0 Å². The van der Waals surface area contributed by atoms with Crippen LogP contribution in [-0.4, -0.2) is 12.5 Å². The predicted molar refractivity (Wildman–Crippen MR) is 95.9 cm³/mol. The highest BCUT2D eigenvalue weighted by molar-refractivity contribution is 6.35. The van der Waals surface area contributed by atoms with Crippen molar-refractivity contribution >= 4 is 34.8 Å². The normalized spacial score (nSPS) is 12.2. The Morgan fingerprint density at radius 2 is 1.83 bits per heavy atom. The van der Waals surface area contributed by atoms with Crippen molar-refractivity contribution in [1.29, 1.82) is 0 Å². The topological polar surface area (TPSA) is 45.7 Å². The smallest absolute Gasteiger partial charge is 0.279 e. The molecule has 0 aliphatic carbocycles. The van der Waals surface area contributed by atoms with Crippen LogP contribution in [0.15, 0.2) is 48.5 Å². The van der Waals surface area contributed by atoms with Gasteiger partial charge in [0.25, 0.3) is 5.91 Å². The molecule has 3 N–H and O–H groups in total. The van der Waals surface area contributed by atoms with Gasteiger partial charge in [-0.1, -0.05) is 67.4 Å². The van der Waals surface area contributed by atoms with E-state index in [0.29, 0.717) is 28.2 Å². The van der Waals surface area contributed by atoms with Crippen LogP contribution in [0.2, 0.25) is 10.0 Å². The average molecular weight is 352 g/mol. The van der Waals surface area contributed by atoms with Gasteiger partial charge in [-0.2, -0.15) is 0 Å². The second-order valence-corrected chi connectivity index (χ2v) is 6.64. The van der Waals surface area contributed by atoms with Crippen LogP contribution in [0, 0.1) is 5.92 Å². The van der Waals surface area contributed by atoms with Crippen molar-refractivity contribution in [2.24, 2.45) is 5.92 Å². The molecule has 0 unspecified atom stereocenters. The van der Waals surface area contributed by atoms with Gasteiger partial charge in [0.05, 0.1) is 10.7 Å². The Morgan fingerprint density at radius 1 is 1.13 bits per heavy atom. The van der Waals surface area contributed by atoms with Crippen LogP contribution >= 0.6 is 23.2 Å². The minimum atomic E-state index is -0.101. The van der Waals surface area contributed by atoms with E-state index in [1.807, 2.05) is 23.5 Å². The maximum absolute atomic E-state index is 12.2. The number of nitrogens with one attached hydrogen (secondary N) is 1. The van der Waals surface area contributed by atoms with E-state index >= 15 is 0 Å². The fourth-order valence-corrected chi connectivity index (χ4v) is 2.83. The van der Waals surface area contributed by atoms with Crippen LogP contribution in [0.1, 0.15) is 25.5 Å². The van der Waals surface area contributed by atoms with Gasteiger partial charge in [-0.3, -0.25) is 4.79 Å². The first kappa shape index (κ1) is 17.8. The first-order valence-corrected chi connectivity index (χ1v) is 8.36. The van der Waals surface area contributed by atoms with Crippen molar-refractivity contribution < 1.29 is 10.1 Å². The number of hydrogen-bond acceptors (Lipinski definition) is 1. The van der Waals surface area contributed by atoms with Gasteiger partial charge in [0, 0.05) is 16.5 Å². The molecule has 2 aromatic rings. The van der Waals surface area contributed by atoms with E-state index in [-0.39, 0.29) is 11.9 Å².